The van der Waals surface area contributed by atoms with Gasteiger partial charge in [-0.15, -0.1) is 0 Å². The van der Waals surface area contributed by atoms with Crippen molar-refractivity contribution in [3.05, 3.63) is 59.1 Å². The van der Waals surface area contributed by atoms with Crippen molar-refractivity contribution in [1.82, 2.24) is 0 Å². The first-order chi connectivity index (χ1) is 10.8. The number of carbonyl (C=O) groups excluding carboxylic acids is 1. The third-order valence-electron chi connectivity index (χ3n) is 3.02. The average Bonchev–Trinajstić information content (AvgIpc) is 2.52. The SMILES string of the molecule is CN(C(=O)C(F)(F)F)c1ccc(N=Cc2ccc(Cl)cc2)cc1. The molecule has 0 aliphatic rings. The number of carbonyl (C=O) groups is 1. The number of hydrogen-bond acceptors (Lipinski definition) is 2. The highest BCUT2D eigenvalue weighted by Gasteiger charge is 2.41. The molecule has 0 N–H and O–H groups in total. The minimum absolute atomic E-state index is 0.137. The maximum atomic E-state index is 12.4. The highest BCUT2D eigenvalue weighted by Crippen LogP contribution is 2.24. The highest BCUT2D eigenvalue weighted by molar-refractivity contribution is 6.30. The molecular weight excluding hydrogens is 329 g/mol. The van der Waals surface area contributed by atoms with Gasteiger partial charge in [-0.25, -0.2) is 0 Å². The summed E-state index contributed by atoms with van der Waals surface area (Å²) >= 11 is 5.78. The molecule has 2 rings (SSSR count). The first-order valence-electron chi connectivity index (χ1n) is 6.52. The van der Waals surface area contributed by atoms with Crippen molar-refractivity contribution < 1.29 is 18.0 Å². The maximum Gasteiger partial charge on any atom is 0.471 e. The lowest BCUT2D eigenvalue weighted by atomic mass is 10.2. The number of rotatable bonds is 3. The Kier molecular flexibility index (Phi) is 5.05. The molecule has 0 heterocycles. The quantitative estimate of drug-likeness (QED) is 0.751. The molecule has 120 valence electrons. The van der Waals surface area contributed by atoms with Crippen LogP contribution in [0.5, 0.6) is 0 Å². The summed E-state index contributed by atoms with van der Waals surface area (Å²) in [6.07, 6.45) is -3.30. The van der Waals surface area contributed by atoms with Gasteiger partial charge in [0.25, 0.3) is 0 Å². The van der Waals surface area contributed by atoms with Gasteiger partial charge in [-0.05, 0) is 42.0 Å². The highest BCUT2D eigenvalue weighted by atomic mass is 35.5. The minimum atomic E-state index is -4.90. The van der Waals surface area contributed by atoms with Crippen molar-refractivity contribution in [1.29, 1.82) is 0 Å². The predicted octanol–water partition coefficient (Wildman–Crippen LogP) is 4.62. The summed E-state index contributed by atoms with van der Waals surface area (Å²) in [6.45, 7) is 0. The fourth-order valence-electron chi connectivity index (χ4n) is 1.77. The summed E-state index contributed by atoms with van der Waals surface area (Å²) in [5.41, 5.74) is 1.53. The summed E-state index contributed by atoms with van der Waals surface area (Å²) in [7, 11) is 1.07. The Balaban J connectivity index is 2.10. The van der Waals surface area contributed by atoms with Crippen molar-refractivity contribution >= 4 is 35.1 Å². The van der Waals surface area contributed by atoms with Crippen LogP contribution >= 0.6 is 11.6 Å². The number of hydrogen-bond donors (Lipinski definition) is 0. The molecule has 0 bridgehead atoms. The van der Waals surface area contributed by atoms with E-state index in [0.29, 0.717) is 15.6 Å². The van der Waals surface area contributed by atoms with Gasteiger partial charge in [0.15, 0.2) is 0 Å². The van der Waals surface area contributed by atoms with Crippen molar-refractivity contribution in [2.45, 2.75) is 6.18 Å². The van der Waals surface area contributed by atoms with Gasteiger partial charge in [-0.3, -0.25) is 9.79 Å². The molecule has 0 aliphatic heterocycles. The van der Waals surface area contributed by atoms with E-state index >= 15 is 0 Å². The third kappa shape index (κ3) is 4.56. The van der Waals surface area contributed by atoms with Gasteiger partial charge < -0.3 is 4.90 Å². The van der Waals surface area contributed by atoms with Crippen LogP contribution in [0.2, 0.25) is 5.02 Å². The van der Waals surface area contributed by atoms with Crippen LogP contribution in [0, 0.1) is 0 Å². The Morgan fingerprint density at radius 2 is 1.65 bits per heavy atom. The molecule has 0 unspecified atom stereocenters. The first-order valence-corrected chi connectivity index (χ1v) is 6.90. The maximum absolute atomic E-state index is 12.4. The van der Waals surface area contributed by atoms with Crippen LogP contribution in [0.3, 0.4) is 0 Å². The van der Waals surface area contributed by atoms with Crippen molar-refractivity contribution in [2.75, 3.05) is 11.9 Å². The Morgan fingerprint density at radius 3 is 2.17 bits per heavy atom. The zero-order chi connectivity index (χ0) is 17.0. The number of alkyl halides is 3. The van der Waals surface area contributed by atoms with Gasteiger partial charge in [-0.1, -0.05) is 23.7 Å². The molecule has 0 aliphatic carbocycles. The Bertz CT molecular complexity index is 710. The van der Waals surface area contributed by atoms with E-state index in [4.69, 9.17) is 11.6 Å². The molecule has 3 nitrogen and oxygen atoms in total. The minimum Gasteiger partial charge on any atom is -0.308 e. The van der Waals surface area contributed by atoms with Gasteiger partial charge in [0, 0.05) is 24.0 Å². The average molecular weight is 341 g/mol. The monoisotopic (exact) mass is 340 g/mol. The van der Waals surface area contributed by atoms with E-state index < -0.39 is 12.1 Å². The van der Waals surface area contributed by atoms with Crippen molar-refractivity contribution in [3.63, 3.8) is 0 Å². The number of anilines is 1. The molecule has 0 atom stereocenters. The first kappa shape index (κ1) is 17.0. The van der Waals surface area contributed by atoms with Gasteiger partial charge in [0.05, 0.1) is 5.69 Å². The van der Waals surface area contributed by atoms with Gasteiger partial charge in [0.2, 0.25) is 0 Å². The predicted molar refractivity (Wildman–Crippen MR) is 84.6 cm³/mol. The molecule has 2 aromatic rings. The Labute approximate surface area is 136 Å². The van der Waals surface area contributed by atoms with Crippen molar-refractivity contribution in [3.8, 4) is 0 Å². The summed E-state index contributed by atoms with van der Waals surface area (Å²) in [5, 5.41) is 0.615. The lowest BCUT2D eigenvalue weighted by Crippen LogP contribution is -2.38. The van der Waals surface area contributed by atoms with E-state index in [1.54, 1.807) is 30.5 Å². The summed E-state index contributed by atoms with van der Waals surface area (Å²) < 4.78 is 37.1. The zero-order valence-electron chi connectivity index (χ0n) is 12.0. The number of benzene rings is 2. The van der Waals surface area contributed by atoms with Crippen LogP contribution in [0.15, 0.2) is 53.5 Å². The Hall–Kier alpha value is -2.34. The normalized spacial score (nSPS) is 11.7. The van der Waals surface area contributed by atoms with Crippen LogP contribution < -0.4 is 4.90 Å². The number of amides is 1. The van der Waals surface area contributed by atoms with Crippen LogP contribution in [0.25, 0.3) is 0 Å². The number of halogens is 4. The molecule has 0 radical (unpaired) electrons. The van der Waals surface area contributed by atoms with E-state index in [-0.39, 0.29) is 5.69 Å². The van der Waals surface area contributed by atoms with Crippen LogP contribution in [-0.4, -0.2) is 25.3 Å². The van der Waals surface area contributed by atoms with Gasteiger partial charge in [0.1, 0.15) is 0 Å². The molecule has 1 amide bonds. The second kappa shape index (κ2) is 6.83. The molecule has 23 heavy (non-hydrogen) atoms. The second-order valence-electron chi connectivity index (χ2n) is 4.69. The van der Waals surface area contributed by atoms with Gasteiger partial charge >= 0.3 is 12.1 Å². The molecule has 0 fully saturated rings. The largest absolute Gasteiger partial charge is 0.471 e. The van der Waals surface area contributed by atoms with E-state index in [2.05, 4.69) is 4.99 Å². The van der Waals surface area contributed by atoms with E-state index in [9.17, 15) is 18.0 Å². The van der Waals surface area contributed by atoms with Crippen LogP contribution in [-0.2, 0) is 4.79 Å². The third-order valence-corrected chi connectivity index (χ3v) is 3.27. The zero-order valence-corrected chi connectivity index (χ0v) is 12.8. The molecule has 0 aromatic heterocycles. The standard InChI is InChI=1S/C16H12ClF3N2O/c1-22(15(23)16(18,19)20)14-8-6-13(7-9-14)21-10-11-2-4-12(17)5-3-11/h2-10H,1H3. The van der Waals surface area contributed by atoms with E-state index in [1.165, 1.54) is 24.3 Å². The van der Waals surface area contributed by atoms with Crippen molar-refractivity contribution in [2.24, 2.45) is 4.99 Å². The smallest absolute Gasteiger partial charge is 0.308 e. The topological polar surface area (TPSA) is 32.7 Å². The number of aliphatic imine (C=N–C) groups is 1. The Morgan fingerprint density at radius 1 is 1.09 bits per heavy atom. The molecular formula is C16H12ClF3N2O. The lowest BCUT2D eigenvalue weighted by molar-refractivity contribution is -0.170. The molecule has 0 saturated heterocycles. The molecule has 0 saturated carbocycles. The molecule has 7 heteroatoms. The summed E-state index contributed by atoms with van der Waals surface area (Å²) in [4.78, 5) is 15.9. The lowest BCUT2D eigenvalue weighted by Gasteiger charge is -2.18. The van der Waals surface area contributed by atoms with Crippen LogP contribution in [0.1, 0.15) is 5.56 Å². The molecule has 0 spiro atoms. The fourth-order valence-corrected chi connectivity index (χ4v) is 1.89. The van der Waals surface area contributed by atoms with Crippen LogP contribution in [0.4, 0.5) is 24.5 Å². The number of nitrogens with zero attached hydrogens (tertiary/aromatic N) is 2. The summed E-state index contributed by atoms with van der Waals surface area (Å²) in [5.74, 6) is -1.92. The molecule has 2 aromatic carbocycles. The van der Waals surface area contributed by atoms with E-state index in [0.717, 1.165) is 12.6 Å². The van der Waals surface area contributed by atoms with Gasteiger partial charge in [-0.2, -0.15) is 13.2 Å². The summed E-state index contributed by atoms with van der Waals surface area (Å²) in [6, 6.07) is 12.9. The fraction of sp³-hybridized carbons (Fsp3) is 0.125. The van der Waals surface area contributed by atoms with E-state index in [1.807, 2.05) is 0 Å². The second-order valence-corrected chi connectivity index (χ2v) is 5.12.